The summed E-state index contributed by atoms with van der Waals surface area (Å²) in [6.07, 6.45) is 1.30. The molecule has 3 rings (SSSR count). The Morgan fingerprint density at radius 1 is 1.12 bits per heavy atom. The van der Waals surface area contributed by atoms with Gasteiger partial charge in [0.1, 0.15) is 5.56 Å². The van der Waals surface area contributed by atoms with Gasteiger partial charge in [0, 0.05) is 19.3 Å². The van der Waals surface area contributed by atoms with Crippen LogP contribution in [0.25, 0.3) is 0 Å². The number of nitrogens with one attached hydrogen (secondary N) is 2. The van der Waals surface area contributed by atoms with Crippen molar-refractivity contribution in [1.29, 1.82) is 0 Å². The Hall–Kier alpha value is -2.68. The van der Waals surface area contributed by atoms with Gasteiger partial charge in [-0.1, -0.05) is 30.3 Å². The lowest BCUT2D eigenvalue weighted by molar-refractivity contribution is 0.0764. The van der Waals surface area contributed by atoms with Crippen molar-refractivity contribution < 1.29 is 13.2 Å². The number of hydrogen-bond acceptors (Lipinski definition) is 5. The van der Waals surface area contributed by atoms with E-state index >= 15 is 0 Å². The summed E-state index contributed by atoms with van der Waals surface area (Å²) in [7, 11) is -3.42. The highest BCUT2D eigenvalue weighted by molar-refractivity contribution is 7.91. The third-order valence-corrected chi connectivity index (χ3v) is 6.38. The molecule has 2 N–H and O–H groups in total. The van der Waals surface area contributed by atoms with E-state index in [1.807, 2.05) is 11.1 Å². The van der Waals surface area contributed by atoms with Gasteiger partial charge in [0.15, 0.2) is 9.84 Å². The van der Waals surface area contributed by atoms with Gasteiger partial charge >= 0.3 is 5.69 Å². The minimum atomic E-state index is -3.42. The molecule has 0 radical (unpaired) electrons. The van der Waals surface area contributed by atoms with Crippen molar-refractivity contribution in [1.82, 2.24) is 14.9 Å². The van der Waals surface area contributed by atoms with Gasteiger partial charge in [-0.2, -0.15) is 0 Å². The van der Waals surface area contributed by atoms with E-state index in [0.717, 1.165) is 6.20 Å². The van der Waals surface area contributed by atoms with Crippen LogP contribution in [0.4, 0.5) is 0 Å². The van der Waals surface area contributed by atoms with Gasteiger partial charge in [-0.05, 0) is 12.0 Å². The second-order valence-electron chi connectivity index (χ2n) is 5.83. The Kier molecular flexibility index (Phi) is 4.58. The second kappa shape index (κ2) is 6.67. The largest absolute Gasteiger partial charge is 0.337 e. The number of aromatic amines is 2. The number of hydrogen-bond donors (Lipinski definition) is 2. The van der Waals surface area contributed by atoms with Crippen molar-refractivity contribution in [3.05, 3.63) is 68.5 Å². The first kappa shape index (κ1) is 17.2. The van der Waals surface area contributed by atoms with Gasteiger partial charge < -0.3 is 9.88 Å². The van der Waals surface area contributed by atoms with Crippen LogP contribution in [0.3, 0.4) is 0 Å². The van der Waals surface area contributed by atoms with Crippen LogP contribution in [0.1, 0.15) is 27.6 Å². The maximum atomic E-state index is 12.6. The average molecular weight is 363 g/mol. The zero-order valence-electron chi connectivity index (χ0n) is 13.3. The van der Waals surface area contributed by atoms with E-state index < -0.39 is 32.2 Å². The fourth-order valence-corrected chi connectivity index (χ4v) is 4.72. The van der Waals surface area contributed by atoms with Crippen LogP contribution in [-0.4, -0.2) is 48.0 Å². The first-order chi connectivity index (χ1) is 11.9. The normalized spacial score (nSPS) is 20.0. The fourth-order valence-electron chi connectivity index (χ4n) is 2.93. The maximum absolute atomic E-state index is 12.6. The number of carbonyl (C=O) groups is 1. The highest BCUT2D eigenvalue weighted by atomic mass is 32.2. The summed E-state index contributed by atoms with van der Waals surface area (Å²) in [4.78, 5) is 41.0. The topological polar surface area (TPSA) is 120 Å². The summed E-state index contributed by atoms with van der Waals surface area (Å²) in [5, 5.41) is -0.680. The van der Waals surface area contributed by atoms with Crippen LogP contribution >= 0.6 is 0 Å². The monoisotopic (exact) mass is 363 g/mol. The number of nitrogens with zero attached hydrogens (tertiary/aromatic N) is 1. The van der Waals surface area contributed by atoms with Crippen molar-refractivity contribution in [2.75, 3.05) is 18.8 Å². The van der Waals surface area contributed by atoms with E-state index in [4.69, 9.17) is 0 Å². The van der Waals surface area contributed by atoms with Crippen molar-refractivity contribution >= 4 is 15.7 Å². The number of amides is 1. The van der Waals surface area contributed by atoms with Gasteiger partial charge in [0.05, 0.1) is 11.0 Å². The molecule has 25 heavy (non-hydrogen) atoms. The third kappa shape index (κ3) is 3.55. The molecule has 1 aromatic heterocycles. The molecule has 1 amide bonds. The highest BCUT2D eigenvalue weighted by Gasteiger charge is 2.33. The SMILES string of the molecule is O=C(c1c[nH]c(=O)[nH]c1=O)N1CCC(c2ccccc2)S(=O)(=O)CC1. The lowest BCUT2D eigenvalue weighted by atomic mass is 10.1. The predicted octanol–water partition coefficient (Wildman–Crippen LogP) is 0.0652. The van der Waals surface area contributed by atoms with Gasteiger partial charge in [-0.3, -0.25) is 14.6 Å². The van der Waals surface area contributed by atoms with E-state index in [1.165, 1.54) is 4.90 Å². The van der Waals surface area contributed by atoms with Crippen LogP contribution < -0.4 is 11.2 Å². The van der Waals surface area contributed by atoms with Gasteiger partial charge in [-0.15, -0.1) is 0 Å². The molecular formula is C16H17N3O5S. The van der Waals surface area contributed by atoms with Crippen LogP contribution in [-0.2, 0) is 9.84 Å². The number of carbonyl (C=O) groups excluding carboxylic acids is 1. The minimum Gasteiger partial charge on any atom is -0.337 e. The molecule has 1 aromatic carbocycles. The Labute approximate surface area is 143 Å². The molecule has 0 saturated carbocycles. The van der Waals surface area contributed by atoms with Crippen molar-refractivity contribution in [3.63, 3.8) is 0 Å². The first-order valence-corrected chi connectivity index (χ1v) is 9.48. The fraction of sp³-hybridized carbons (Fsp3) is 0.312. The summed E-state index contributed by atoms with van der Waals surface area (Å²) in [6, 6.07) is 8.88. The molecule has 0 aliphatic carbocycles. The average Bonchev–Trinajstić information content (AvgIpc) is 2.73. The van der Waals surface area contributed by atoms with Gasteiger partial charge in [0.2, 0.25) is 0 Å². The van der Waals surface area contributed by atoms with Crippen molar-refractivity contribution in [2.24, 2.45) is 0 Å². The predicted molar refractivity (Wildman–Crippen MR) is 91.2 cm³/mol. The summed E-state index contributed by atoms with van der Waals surface area (Å²) < 4.78 is 25.1. The zero-order valence-corrected chi connectivity index (χ0v) is 14.1. The van der Waals surface area contributed by atoms with Crippen LogP contribution in [0.2, 0.25) is 0 Å². The molecule has 9 heteroatoms. The maximum Gasteiger partial charge on any atom is 0.325 e. The Bertz CT molecular complexity index is 994. The Morgan fingerprint density at radius 2 is 1.84 bits per heavy atom. The molecule has 2 aromatic rings. The van der Waals surface area contributed by atoms with Crippen molar-refractivity contribution in [2.45, 2.75) is 11.7 Å². The Morgan fingerprint density at radius 3 is 2.52 bits per heavy atom. The van der Waals surface area contributed by atoms with E-state index in [1.54, 1.807) is 24.3 Å². The molecule has 1 unspecified atom stereocenters. The molecule has 132 valence electrons. The van der Waals surface area contributed by atoms with Gasteiger partial charge in [0.25, 0.3) is 11.5 Å². The molecule has 1 atom stereocenters. The lowest BCUT2D eigenvalue weighted by Gasteiger charge is -2.19. The van der Waals surface area contributed by atoms with E-state index in [-0.39, 0.29) is 30.8 Å². The molecule has 0 spiro atoms. The number of benzene rings is 1. The van der Waals surface area contributed by atoms with Crippen molar-refractivity contribution in [3.8, 4) is 0 Å². The van der Waals surface area contributed by atoms with Crippen LogP contribution in [0, 0.1) is 0 Å². The lowest BCUT2D eigenvalue weighted by Crippen LogP contribution is -2.38. The van der Waals surface area contributed by atoms with E-state index in [0.29, 0.717) is 5.56 Å². The molecule has 1 saturated heterocycles. The summed E-state index contributed by atoms with van der Waals surface area (Å²) in [6.45, 7) is 0.208. The molecule has 2 heterocycles. The van der Waals surface area contributed by atoms with Gasteiger partial charge in [-0.25, -0.2) is 13.2 Å². The smallest absolute Gasteiger partial charge is 0.325 e. The molecule has 0 bridgehead atoms. The number of H-pyrrole nitrogens is 2. The number of rotatable bonds is 2. The number of aromatic nitrogens is 2. The van der Waals surface area contributed by atoms with E-state index in [9.17, 15) is 22.8 Å². The highest BCUT2D eigenvalue weighted by Crippen LogP contribution is 2.29. The zero-order chi connectivity index (χ0) is 18.0. The summed E-state index contributed by atoms with van der Waals surface area (Å²) in [5.74, 6) is -0.777. The molecule has 8 nitrogen and oxygen atoms in total. The third-order valence-electron chi connectivity index (χ3n) is 4.25. The second-order valence-corrected chi connectivity index (χ2v) is 8.14. The molecule has 1 fully saturated rings. The van der Waals surface area contributed by atoms with E-state index in [2.05, 4.69) is 4.98 Å². The molecule has 1 aliphatic rings. The standard InChI is InChI=1S/C16H17N3O5S/c20-14-12(10-17-16(22)18-14)15(21)19-7-6-13(25(23,24)9-8-19)11-4-2-1-3-5-11/h1-5,10,13H,6-9H2,(H2,17,18,20,22). The molecule has 1 aliphatic heterocycles. The minimum absolute atomic E-state index is 0.00304. The first-order valence-electron chi connectivity index (χ1n) is 7.76. The Balaban J connectivity index is 1.86. The number of sulfone groups is 1. The summed E-state index contributed by atoms with van der Waals surface area (Å²) >= 11 is 0. The summed E-state index contributed by atoms with van der Waals surface area (Å²) in [5.41, 5.74) is -1.02. The van der Waals surface area contributed by atoms with Crippen LogP contribution in [0.15, 0.2) is 46.1 Å². The van der Waals surface area contributed by atoms with Crippen LogP contribution in [0.5, 0.6) is 0 Å². The quantitative estimate of drug-likeness (QED) is 0.782. The molecular weight excluding hydrogens is 346 g/mol.